The minimum absolute atomic E-state index is 0.207. The van der Waals surface area contributed by atoms with Crippen LogP contribution < -0.4 is 15.5 Å². The lowest BCUT2D eigenvalue weighted by atomic mass is 10.2. The third-order valence-corrected chi connectivity index (χ3v) is 4.45. The maximum Gasteiger partial charge on any atom is 0.191 e. The van der Waals surface area contributed by atoms with E-state index >= 15 is 0 Å². The van der Waals surface area contributed by atoms with Gasteiger partial charge < -0.3 is 20.3 Å². The lowest BCUT2D eigenvalue weighted by molar-refractivity contribution is -0.0284. The number of hydrogen-bond acceptors (Lipinski definition) is 4. The fourth-order valence-electron chi connectivity index (χ4n) is 3.15. The quantitative estimate of drug-likeness (QED) is 0.573. The highest BCUT2D eigenvalue weighted by molar-refractivity contribution is 5.79. The van der Waals surface area contributed by atoms with Crippen molar-refractivity contribution in [2.45, 2.75) is 26.5 Å². The Morgan fingerprint density at radius 1 is 1.35 bits per heavy atom. The SMILES string of the molecule is CN=C(NCc1cccc(N(C)C)c1)NCC1CN(CC(C)C)CCO1. The van der Waals surface area contributed by atoms with E-state index in [1.54, 1.807) is 7.05 Å². The summed E-state index contributed by atoms with van der Waals surface area (Å²) in [6.45, 7) is 9.99. The average molecular weight is 362 g/mol. The molecule has 2 N–H and O–H groups in total. The van der Waals surface area contributed by atoms with Crippen LogP contribution in [0.4, 0.5) is 5.69 Å². The summed E-state index contributed by atoms with van der Waals surface area (Å²) in [5.41, 5.74) is 2.43. The minimum atomic E-state index is 0.207. The Hall–Kier alpha value is -1.79. The Morgan fingerprint density at radius 3 is 2.85 bits per heavy atom. The van der Waals surface area contributed by atoms with Crippen molar-refractivity contribution in [3.05, 3.63) is 29.8 Å². The third kappa shape index (κ3) is 6.84. The van der Waals surface area contributed by atoms with Crippen LogP contribution in [0.15, 0.2) is 29.3 Å². The zero-order chi connectivity index (χ0) is 18.9. The lowest BCUT2D eigenvalue weighted by Gasteiger charge is -2.34. The van der Waals surface area contributed by atoms with E-state index in [4.69, 9.17) is 4.74 Å². The molecule has 6 heteroatoms. The summed E-state index contributed by atoms with van der Waals surface area (Å²) < 4.78 is 5.90. The molecule has 26 heavy (non-hydrogen) atoms. The van der Waals surface area contributed by atoms with Gasteiger partial charge in [0, 0.05) is 59.6 Å². The second-order valence-corrected chi connectivity index (χ2v) is 7.52. The Labute approximate surface area is 158 Å². The summed E-state index contributed by atoms with van der Waals surface area (Å²) in [5.74, 6) is 1.50. The number of hydrogen-bond donors (Lipinski definition) is 2. The van der Waals surface area contributed by atoms with Crippen molar-refractivity contribution < 1.29 is 4.74 Å². The molecular formula is C20H35N5O. The first-order valence-electron chi connectivity index (χ1n) is 9.52. The Kier molecular flexibility index (Phi) is 8.19. The lowest BCUT2D eigenvalue weighted by Crippen LogP contribution is -2.50. The van der Waals surface area contributed by atoms with Gasteiger partial charge in [-0.15, -0.1) is 0 Å². The standard InChI is InChI=1S/C20H35N5O/c1-16(2)14-25-9-10-26-19(15-25)13-23-20(21-3)22-12-17-7-6-8-18(11-17)24(4)5/h6-8,11,16,19H,9-10,12-15H2,1-5H3,(H2,21,22,23). The van der Waals surface area contributed by atoms with Crippen molar-refractivity contribution in [2.75, 3.05) is 58.8 Å². The van der Waals surface area contributed by atoms with Crippen LogP contribution in [0.25, 0.3) is 0 Å². The number of aliphatic imine (C=N–C) groups is 1. The molecule has 1 aliphatic heterocycles. The highest BCUT2D eigenvalue weighted by atomic mass is 16.5. The van der Waals surface area contributed by atoms with Gasteiger partial charge in [0.25, 0.3) is 0 Å². The molecule has 1 atom stereocenters. The van der Waals surface area contributed by atoms with Gasteiger partial charge in [0.2, 0.25) is 0 Å². The summed E-state index contributed by atoms with van der Waals surface area (Å²) in [4.78, 5) is 8.93. The summed E-state index contributed by atoms with van der Waals surface area (Å²) in [5, 5.41) is 6.78. The minimum Gasteiger partial charge on any atom is -0.378 e. The molecular weight excluding hydrogens is 326 g/mol. The normalized spacial score (nSPS) is 18.8. The molecule has 0 radical (unpaired) electrons. The van der Waals surface area contributed by atoms with Crippen LogP contribution in [0.3, 0.4) is 0 Å². The fourth-order valence-corrected chi connectivity index (χ4v) is 3.15. The van der Waals surface area contributed by atoms with Crippen molar-refractivity contribution >= 4 is 11.6 Å². The van der Waals surface area contributed by atoms with Crippen LogP contribution in [-0.2, 0) is 11.3 Å². The monoisotopic (exact) mass is 361 g/mol. The van der Waals surface area contributed by atoms with E-state index in [0.29, 0.717) is 5.92 Å². The molecule has 0 amide bonds. The molecule has 0 saturated carbocycles. The first kappa shape index (κ1) is 20.5. The predicted octanol–water partition coefficient (Wildman–Crippen LogP) is 1.77. The van der Waals surface area contributed by atoms with Crippen LogP contribution in [0, 0.1) is 5.92 Å². The Balaban J connectivity index is 1.78. The summed E-state index contributed by atoms with van der Waals surface area (Å²) in [6.07, 6.45) is 0.207. The predicted molar refractivity (Wildman–Crippen MR) is 110 cm³/mol. The largest absolute Gasteiger partial charge is 0.378 e. The van der Waals surface area contributed by atoms with E-state index in [9.17, 15) is 0 Å². The van der Waals surface area contributed by atoms with Gasteiger partial charge in [0.1, 0.15) is 0 Å². The number of nitrogens with zero attached hydrogens (tertiary/aromatic N) is 3. The molecule has 0 spiro atoms. The highest BCUT2D eigenvalue weighted by Crippen LogP contribution is 2.13. The van der Waals surface area contributed by atoms with Gasteiger partial charge in [-0.3, -0.25) is 9.89 Å². The average Bonchev–Trinajstić information content (AvgIpc) is 2.62. The number of anilines is 1. The van der Waals surface area contributed by atoms with Crippen LogP contribution in [0.1, 0.15) is 19.4 Å². The first-order valence-corrected chi connectivity index (χ1v) is 9.52. The van der Waals surface area contributed by atoms with E-state index in [1.165, 1.54) is 11.3 Å². The number of morpholine rings is 1. The van der Waals surface area contributed by atoms with Crippen molar-refractivity contribution in [1.29, 1.82) is 0 Å². The summed E-state index contributed by atoms with van der Waals surface area (Å²) in [7, 11) is 5.91. The van der Waals surface area contributed by atoms with Crippen LogP contribution in [-0.4, -0.2) is 70.9 Å². The van der Waals surface area contributed by atoms with E-state index < -0.39 is 0 Å². The van der Waals surface area contributed by atoms with Crippen LogP contribution in [0.5, 0.6) is 0 Å². The van der Waals surface area contributed by atoms with Gasteiger partial charge in [-0.25, -0.2) is 0 Å². The second-order valence-electron chi connectivity index (χ2n) is 7.52. The van der Waals surface area contributed by atoms with Gasteiger partial charge in [-0.1, -0.05) is 26.0 Å². The number of guanidine groups is 1. The maximum absolute atomic E-state index is 5.90. The molecule has 0 aromatic heterocycles. The molecule has 0 bridgehead atoms. The smallest absolute Gasteiger partial charge is 0.191 e. The zero-order valence-corrected chi connectivity index (χ0v) is 17.0. The molecule has 1 aromatic carbocycles. The molecule has 1 heterocycles. The Bertz CT molecular complexity index is 573. The van der Waals surface area contributed by atoms with E-state index in [1.807, 2.05) is 0 Å². The molecule has 0 aliphatic carbocycles. The maximum atomic E-state index is 5.90. The second kappa shape index (κ2) is 10.4. The van der Waals surface area contributed by atoms with Gasteiger partial charge in [0.05, 0.1) is 12.7 Å². The molecule has 1 fully saturated rings. The molecule has 1 aromatic rings. The molecule has 1 unspecified atom stereocenters. The van der Waals surface area contributed by atoms with Crippen molar-refractivity contribution in [2.24, 2.45) is 10.9 Å². The van der Waals surface area contributed by atoms with E-state index in [2.05, 4.69) is 77.6 Å². The first-order chi connectivity index (χ1) is 12.5. The van der Waals surface area contributed by atoms with Crippen molar-refractivity contribution in [3.8, 4) is 0 Å². The molecule has 2 rings (SSSR count). The van der Waals surface area contributed by atoms with Crippen LogP contribution >= 0.6 is 0 Å². The van der Waals surface area contributed by atoms with Gasteiger partial charge in [-0.2, -0.15) is 0 Å². The molecule has 146 valence electrons. The van der Waals surface area contributed by atoms with Crippen molar-refractivity contribution in [1.82, 2.24) is 15.5 Å². The fraction of sp³-hybridized carbons (Fsp3) is 0.650. The number of nitrogens with one attached hydrogen (secondary N) is 2. The van der Waals surface area contributed by atoms with Gasteiger partial charge >= 0.3 is 0 Å². The van der Waals surface area contributed by atoms with Gasteiger partial charge in [-0.05, 0) is 23.6 Å². The molecule has 6 nitrogen and oxygen atoms in total. The summed E-state index contributed by atoms with van der Waals surface area (Å²) in [6, 6.07) is 8.51. The molecule has 1 saturated heterocycles. The number of rotatable bonds is 7. The topological polar surface area (TPSA) is 52.1 Å². The Morgan fingerprint density at radius 2 is 2.15 bits per heavy atom. The highest BCUT2D eigenvalue weighted by Gasteiger charge is 2.21. The molecule has 1 aliphatic rings. The van der Waals surface area contributed by atoms with E-state index in [0.717, 1.165) is 45.3 Å². The van der Waals surface area contributed by atoms with Gasteiger partial charge in [0.15, 0.2) is 5.96 Å². The third-order valence-electron chi connectivity index (χ3n) is 4.45. The van der Waals surface area contributed by atoms with Crippen molar-refractivity contribution in [3.63, 3.8) is 0 Å². The van der Waals surface area contributed by atoms with Crippen LogP contribution in [0.2, 0.25) is 0 Å². The zero-order valence-electron chi connectivity index (χ0n) is 17.0. The number of benzene rings is 1. The summed E-state index contributed by atoms with van der Waals surface area (Å²) >= 11 is 0. The van der Waals surface area contributed by atoms with E-state index in [-0.39, 0.29) is 6.10 Å². The number of ether oxygens (including phenoxy) is 1.